The fourth-order valence-electron chi connectivity index (χ4n) is 3.72. The summed E-state index contributed by atoms with van der Waals surface area (Å²) < 4.78 is 19.1. The van der Waals surface area contributed by atoms with Gasteiger partial charge in [-0.25, -0.2) is 4.39 Å². The van der Waals surface area contributed by atoms with Gasteiger partial charge in [-0.1, -0.05) is 23.7 Å². The zero-order valence-corrected chi connectivity index (χ0v) is 15.3. The molecule has 26 heavy (non-hydrogen) atoms. The number of hydrogen-bond donors (Lipinski definition) is 2. The van der Waals surface area contributed by atoms with Gasteiger partial charge in [-0.2, -0.15) is 0 Å². The summed E-state index contributed by atoms with van der Waals surface area (Å²) in [5.74, 6) is 0.0734. The van der Waals surface area contributed by atoms with E-state index in [1.165, 1.54) is 39.9 Å². The zero-order valence-electron chi connectivity index (χ0n) is 14.6. The lowest BCUT2D eigenvalue weighted by molar-refractivity contribution is 0.309. The highest BCUT2D eigenvalue weighted by atomic mass is 35.5. The van der Waals surface area contributed by atoms with Crippen LogP contribution in [0.15, 0.2) is 36.4 Å². The van der Waals surface area contributed by atoms with E-state index >= 15 is 0 Å². The molecule has 0 bridgehead atoms. The van der Waals surface area contributed by atoms with Gasteiger partial charge in [0.1, 0.15) is 11.6 Å². The van der Waals surface area contributed by atoms with Crippen molar-refractivity contribution in [2.45, 2.75) is 25.7 Å². The minimum atomic E-state index is -0.447. The third-order valence-corrected chi connectivity index (χ3v) is 5.26. The van der Waals surface area contributed by atoms with Crippen molar-refractivity contribution in [3.63, 3.8) is 0 Å². The number of ether oxygens (including phenoxy) is 1. The first kappa shape index (κ1) is 17.4. The predicted octanol–water partition coefficient (Wildman–Crippen LogP) is 4.66. The van der Waals surface area contributed by atoms with Gasteiger partial charge in [-0.3, -0.25) is 0 Å². The molecule has 0 aliphatic carbocycles. The quantitative estimate of drug-likeness (QED) is 0.639. The lowest BCUT2D eigenvalue weighted by atomic mass is 9.99. The van der Waals surface area contributed by atoms with Crippen LogP contribution in [0.2, 0.25) is 5.02 Å². The molecule has 0 saturated carbocycles. The van der Waals surface area contributed by atoms with Crippen molar-refractivity contribution in [3.8, 4) is 5.75 Å². The Labute approximate surface area is 157 Å². The molecule has 2 heterocycles. The molecule has 136 valence electrons. The Morgan fingerprint density at radius 3 is 2.88 bits per heavy atom. The van der Waals surface area contributed by atoms with Crippen LogP contribution in [0.1, 0.15) is 23.2 Å². The fourth-order valence-corrected chi connectivity index (χ4v) is 3.84. The smallest absolute Gasteiger partial charge is 0.145 e. The average Bonchev–Trinajstić information content (AvgIpc) is 2.84. The fraction of sp³-hybridized carbons (Fsp3) is 0.333. The van der Waals surface area contributed by atoms with E-state index in [2.05, 4.69) is 28.5 Å². The van der Waals surface area contributed by atoms with Crippen molar-refractivity contribution in [2.75, 3.05) is 19.7 Å². The van der Waals surface area contributed by atoms with Crippen LogP contribution in [-0.2, 0) is 19.3 Å². The molecule has 0 spiro atoms. The van der Waals surface area contributed by atoms with Crippen LogP contribution < -0.4 is 10.1 Å². The second kappa shape index (κ2) is 7.68. The highest BCUT2D eigenvalue weighted by Gasteiger charge is 2.16. The topological polar surface area (TPSA) is 37.0 Å². The molecule has 0 amide bonds. The number of hydrogen-bond acceptors (Lipinski definition) is 2. The number of rotatable bonds is 5. The summed E-state index contributed by atoms with van der Waals surface area (Å²) in [6.45, 7) is 2.60. The minimum absolute atomic E-state index is 0.117. The predicted molar refractivity (Wildman–Crippen MR) is 104 cm³/mol. The average molecular weight is 373 g/mol. The number of nitrogens with one attached hydrogen (secondary N) is 2. The molecule has 0 unspecified atom stereocenters. The molecule has 2 aromatic carbocycles. The van der Waals surface area contributed by atoms with E-state index in [0.29, 0.717) is 12.4 Å². The first-order valence-electron chi connectivity index (χ1n) is 9.12. The monoisotopic (exact) mass is 372 g/mol. The molecule has 4 rings (SSSR count). The van der Waals surface area contributed by atoms with Crippen LogP contribution in [-0.4, -0.2) is 24.7 Å². The molecular formula is C21H22ClFN2O. The largest absolute Gasteiger partial charge is 0.493 e. The molecule has 3 aromatic rings. The molecule has 0 atom stereocenters. The van der Waals surface area contributed by atoms with Crippen LogP contribution in [0.3, 0.4) is 0 Å². The van der Waals surface area contributed by atoms with E-state index in [-0.39, 0.29) is 5.02 Å². The molecule has 1 aliphatic heterocycles. The van der Waals surface area contributed by atoms with E-state index < -0.39 is 5.82 Å². The van der Waals surface area contributed by atoms with Crippen LogP contribution in [0.5, 0.6) is 5.75 Å². The summed E-state index contributed by atoms with van der Waals surface area (Å²) in [5.41, 5.74) is 5.41. The molecule has 0 saturated heterocycles. The highest BCUT2D eigenvalue weighted by molar-refractivity contribution is 6.30. The Morgan fingerprint density at radius 1 is 1.12 bits per heavy atom. The summed E-state index contributed by atoms with van der Waals surface area (Å²) in [6, 6.07) is 11.0. The Bertz CT molecular complexity index is 922. The van der Waals surface area contributed by atoms with Crippen LogP contribution in [0, 0.1) is 5.82 Å². The van der Waals surface area contributed by atoms with Gasteiger partial charge >= 0.3 is 0 Å². The minimum Gasteiger partial charge on any atom is -0.493 e. The van der Waals surface area contributed by atoms with Crippen molar-refractivity contribution >= 4 is 22.5 Å². The van der Waals surface area contributed by atoms with E-state index in [9.17, 15) is 4.39 Å². The Morgan fingerprint density at radius 2 is 2.00 bits per heavy atom. The van der Waals surface area contributed by atoms with Gasteiger partial charge in [0.2, 0.25) is 0 Å². The van der Waals surface area contributed by atoms with Crippen molar-refractivity contribution in [3.05, 3.63) is 64.1 Å². The van der Waals surface area contributed by atoms with E-state index in [1.54, 1.807) is 6.07 Å². The summed E-state index contributed by atoms with van der Waals surface area (Å²) in [7, 11) is 0. The number of halogens is 2. The Balaban J connectivity index is 1.45. The van der Waals surface area contributed by atoms with Crippen LogP contribution in [0.25, 0.3) is 10.9 Å². The Hall–Kier alpha value is -2.04. The molecule has 0 radical (unpaired) electrons. The lowest BCUT2D eigenvalue weighted by Gasteiger charge is -2.09. The molecule has 5 heteroatoms. The van der Waals surface area contributed by atoms with Gasteiger partial charge in [0.15, 0.2) is 0 Å². The van der Waals surface area contributed by atoms with Gasteiger partial charge in [0, 0.05) is 35.6 Å². The number of aryl methyl sites for hydroxylation is 1. The molecule has 1 aromatic heterocycles. The first-order valence-corrected chi connectivity index (χ1v) is 9.50. The van der Waals surface area contributed by atoms with Crippen molar-refractivity contribution in [1.29, 1.82) is 0 Å². The standard InChI is InChI=1S/C21H22ClFN2O/c22-17-7-6-15(13-18(17)23)26-12-2-4-14-3-1-5-20-21(14)16-8-10-24-11-9-19(16)25-20/h1,3,5-7,13,24-25H,2,4,8-12H2. The zero-order chi connectivity index (χ0) is 17.9. The van der Waals surface area contributed by atoms with Gasteiger partial charge < -0.3 is 15.0 Å². The number of H-pyrrole nitrogens is 1. The van der Waals surface area contributed by atoms with Gasteiger partial charge in [0.05, 0.1) is 11.6 Å². The SMILES string of the molecule is Fc1cc(OCCCc2cccc3[nH]c4c(c23)CCNCC4)ccc1Cl. The maximum atomic E-state index is 13.5. The van der Waals surface area contributed by atoms with Gasteiger partial charge in [-0.15, -0.1) is 0 Å². The summed E-state index contributed by atoms with van der Waals surface area (Å²) >= 11 is 5.70. The van der Waals surface area contributed by atoms with E-state index in [0.717, 1.165) is 38.8 Å². The molecule has 1 aliphatic rings. The second-order valence-electron chi connectivity index (χ2n) is 6.70. The normalized spacial score (nSPS) is 14.2. The summed E-state index contributed by atoms with van der Waals surface area (Å²) in [5, 5.41) is 4.96. The summed E-state index contributed by atoms with van der Waals surface area (Å²) in [4.78, 5) is 3.60. The molecule has 2 N–H and O–H groups in total. The van der Waals surface area contributed by atoms with E-state index in [4.69, 9.17) is 16.3 Å². The third-order valence-electron chi connectivity index (χ3n) is 4.96. The second-order valence-corrected chi connectivity index (χ2v) is 7.11. The van der Waals surface area contributed by atoms with Crippen molar-refractivity contribution in [2.24, 2.45) is 0 Å². The highest BCUT2D eigenvalue weighted by Crippen LogP contribution is 2.29. The van der Waals surface area contributed by atoms with Gasteiger partial charge in [0.25, 0.3) is 0 Å². The number of fused-ring (bicyclic) bond motifs is 3. The molecule has 3 nitrogen and oxygen atoms in total. The van der Waals surface area contributed by atoms with E-state index in [1.807, 2.05) is 0 Å². The number of benzene rings is 2. The maximum absolute atomic E-state index is 13.5. The van der Waals surface area contributed by atoms with Crippen molar-refractivity contribution < 1.29 is 9.13 Å². The lowest BCUT2D eigenvalue weighted by Crippen LogP contribution is -2.16. The molecular weight excluding hydrogens is 351 g/mol. The van der Waals surface area contributed by atoms with Crippen LogP contribution in [0.4, 0.5) is 4.39 Å². The first-order chi connectivity index (χ1) is 12.7. The number of aromatic nitrogens is 1. The van der Waals surface area contributed by atoms with Crippen molar-refractivity contribution in [1.82, 2.24) is 10.3 Å². The number of aromatic amines is 1. The molecule has 0 fully saturated rings. The van der Waals surface area contributed by atoms with Gasteiger partial charge in [-0.05, 0) is 55.1 Å². The Kier molecular flexibility index (Phi) is 5.14. The van der Waals surface area contributed by atoms with Crippen LogP contribution >= 0.6 is 11.6 Å². The summed E-state index contributed by atoms with van der Waals surface area (Å²) in [6.07, 6.45) is 3.92. The maximum Gasteiger partial charge on any atom is 0.145 e. The third kappa shape index (κ3) is 3.57.